The zero-order valence-corrected chi connectivity index (χ0v) is 11.8. The molecule has 5 nitrogen and oxygen atoms in total. The number of carbonyl (C=O) groups is 2. The summed E-state index contributed by atoms with van der Waals surface area (Å²) in [6.07, 6.45) is 0. The molecule has 20 heavy (non-hydrogen) atoms. The molecule has 6 heteroatoms. The minimum absolute atomic E-state index is 0.0977. The van der Waals surface area contributed by atoms with Gasteiger partial charge < -0.3 is 10.4 Å². The highest BCUT2D eigenvalue weighted by molar-refractivity contribution is 5.81. The lowest BCUT2D eigenvalue weighted by Gasteiger charge is -2.20. The normalized spacial score (nSPS) is 11.2. The SMILES string of the molecule is Cc1cc(CNC(=O)CNC(C)(C)C(=O)O)ccc1F. The molecule has 0 saturated carbocycles. The lowest BCUT2D eigenvalue weighted by atomic mass is 10.1. The van der Waals surface area contributed by atoms with Crippen molar-refractivity contribution in [3.63, 3.8) is 0 Å². The summed E-state index contributed by atoms with van der Waals surface area (Å²) < 4.78 is 13.1. The van der Waals surface area contributed by atoms with Gasteiger partial charge in [-0.3, -0.25) is 14.9 Å². The molecule has 0 aliphatic rings. The average Bonchev–Trinajstić information content (AvgIpc) is 2.37. The predicted molar refractivity (Wildman–Crippen MR) is 72.7 cm³/mol. The first-order chi connectivity index (χ1) is 9.22. The van der Waals surface area contributed by atoms with Gasteiger partial charge in [0.15, 0.2) is 0 Å². The lowest BCUT2D eigenvalue weighted by Crippen LogP contribution is -2.50. The van der Waals surface area contributed by atoms with E-state index < -0.39 is 11.5 Å². The van der Waals surface area contributed by atoms with Gasteiger partial charge in [0.25, 0.3) is 0 Å². The summed E-state index contributed by atoms with van der Waals surface area (Å²) in [7, 11) is 0. The van der Waals surface area contributed by atoms with Crippen molar-refractivity contribution in [2.24, 2.45) is 0 Å². The molecule has 110 valence electrons. The summed E-state index contributed by atoms with van der Waals surface area (Å²) in [6.45, 7) is 4.78. The number of aliphatic carboxylic acids is 1. The Morgan fingerprint density at radius 2 is 2.00 bits per heavy atom. The van der Waals surface area contributed by atoms with E-state index in [2.05, 4.69) is 10.6 Å². The van der Waals surface area contributed by atoms with Crippen LogP contribution in [0.3, 0.4) is 0 Å². The molecule has 0 aromatic heterocycles. The lowest BCUT2D eigenvalue weighted by molar-refractivity contribution is -0.143. The number of carboxylic acids is 1. The smallest absolute Gasteiger partial charge is 0.323 e. The maximum Gasteiger partial charge on any atom is 0.323 e. The van der Waals surface area contributed by atoms with Crippen molar-refractivity contribution in [1.82, 2.24) is 10.6 Å². The molecule has 3 N–H and O–H groups in total. The second-order valence-corrected chi connectivity index (χ2v) is 5.14. The summed E-state index contributed by atoms with van der Waals surface area (Å²) in [5.74, 6) is -1.63. The van der Waals surface area contributed by atoms with Gasteiger partial charge in [0.1, 0.15) is 11.4 Å². The third-order valence-electron chi connectivity index (χ3n) is 2.94. The molecule has 1 amide bonds. The summed E-state index contributed by atoms with van der Waals surface area (Å²) in [5.41, 5.74) is 0.140. The van der Waals surface area contributed by atoms with E-state index in [1.807, 2.05) is 0 Å². The van der Waals surface area contributed by atoms with Crippen molar-refractivity contribution in [3.05, 3.63) is 35.1 Å². The van der Waals surface area contributed by atoms with Crippen LogP contribution in [0.4, 0.5) is 4.39 Å². The second kappa shape index (κ2) is 6.47. The number of hydrogen-bond acceptors (Lipinski definition) is 3. The van der Waals surface area contributed by atoms with Crippen molar-refractivity contribution in [2.75, 3.05) is 6.54 Å². The fourth-order valence-electron chi connectivity index (χ4n) is 1.46. The molecule has 0 heterocycles. The molecule has 0 aliphatic carbocycles. The van der Waals surface area contributed by atoms with Crippen molar-refractivity contribution in [2.45, 2.75) is 32.9 Å². The third-order valence-corrected chi connectivity index (χ3v) is 2.94. The summed E-state index contributed by atoms with van der Waals surface area (Å²) in [6, 6.07) is 4.60. The number of carbonyl (C=O) groups excluding carboxylic acids is 1. The number of aryl methyl sites for hydroxylation is 1. The quantitative estimate of drug-likeness (QED) is 0.732. The van der Waals surface area contributed by atoms with Crippen molar-refractivity contribution < 1.29 is 19.1 Å². The number of hydrogen-bond donors (Lipinski definition) is 3. The highest BCUT2D eigenvalue weighted by Gasteiger charge is 2.26. The first-order valence-corrected chi connectivity index (χ1v) is 6.22. The van der Waals surface area contributed by atoms with Crippen LogP contribution in [0.1, 0.15) is 25.0 Å². The van der Waals surface area contributed by atoms with E-state index in [1.165, 1.54) is 19.9 Å². The number of amides is 1. The van der Waals surface area contributed by atoms with Crippen molar-refractivity contribution in [1.29, 1.82) is 0 Å². The second-order valence-electron chi connectivity index (χ2n) is 5.14. The van der Waals surface area contributed by atoms with Gasteiger partial charge >= 0.3 is 5.97 Å². The Morgan fingerprint density at radius 3 is 2.55 bits per heavy atom. The van der Waals surface area contributed by atoms with Gasteiger partial charge in [0.05, 0.1) is 6.54 Å². The van der Waals surface area contributed by atoms with E-state index >= 15 is 0 Å². The molecule has 0 fully saturated rings. The van der Waals surface area contributed by atoms with E-state index in [9.17, 15) is 14.0 Å². The van der Waals surface area contributed by atoms with Gasteiger partial charge in [0, 0.05) is 6.54 Å². The fraction of sp³-hybridized carbons (Fsp3) is 0.429. The summed E-state index contributed by atoms with van der Waals surface area (Å²) in [5, 5.41) is 14.2. The molecule has 0 spiro atoms. The van der Waals surface area contributed by atoms with Crippen LogP contribution < -0.4 is 10.6 Å². The molecule has 1 rings (SSSR count). The molecular formula is C14H19FN2O3. The van der Waals surface area contributed by atoms with Crippen LogP contribution >= 0.6 is 0 Å². The molecular weight excluding hydrogens is 263 g/mol. The Morgan fingerprint density at radius 1 is 1.35 bits per heavy atom. The van der Waals surface area contributed by atoms with Gasteiger partial charge in [-0.15, -0.1) is 0 Å². The monoisotopic (exact) mass is 282 g/mol. The maximum atomic E-state index is 13.1. The molecule has 0 aliphatic heterocycles. The summed E-state index contributed by atoms with van der Waals surface area (Å²) in [4.78, 5) is 22.4. The molecule has 0 radical (unpaired) electrons. The number of benzene rings is 1. The van der Waals surface area contributed by atoms with E-state index in [4.69, 9.17) is 5.11 Å². The predicted octanol–water partition coefficient (Wildman–Crippen LogP) is 1.20. The topological polar surface area (TPSA) is 78.4 Å². The van der Waals surface area contributed by atoms with Crippen LogP contribution in [0.15, 0.2) is 18.2 Å². The zero-order chi connectivity index (χ0) is 15.3. The Kier molecular flexibility index (Phi) is 5.21. The highest BCUT2D eigenvalue weighted by Crippen LogP contribution is 2.08. The maximum absolute atomic E-state index is 13.1. The van der Waals surface area contributed by atoms with Crippen molar-refractivity contribution >= 4 is 11.9 Å². The third kappa shape index (κ3) is 4.62. The van der Waals surface area contributed by atoms with Crippen LogP contribution in [0, 0.1) is 12.7 Å². The minimum Gasteiger partial charge on any atom is -0.480 e. The van der Waals surface area contributed by atoms with Gasteiger partial charge in [-0.05, 0) is 38.0 Å². The van der Waals surface area contributed by atoms with Crippen LogP contribution in [0.2, 0.25) is 0 Å². The molecule has 0 saturated heterocycles. The largest absolute Gasteiger partial charge is 0.480 e. The van der Waals surface area contributed by atoms with Gasteiger partial charge in [-0.2, -0.15) is 0 Å². The van der Waals surface area contributed by atoms with Gasteiger partial charge in [-0.25, -0.2) is 4.39 Å². The van der Waals surface area contributed by atoms with E-state index in [-0.39, 0.29) is 24.8 Å². The molecule has 0 bridgehead atoms. The molecule has 1 aromatic carbocycles. The standard InChI is InChI=1S/C14H19FN2O3/c1-9-6-10(4-5-11(9)15)7-16-12(18)8-17-14(2,3)13(19)20/h4-6,17H,7-8H2,1-3H3,(H,16,18)(H,19,20). The van der Waals surface area contributed by atoms with Crippen LogP contribution in [-0.4, -0.2) is 29.1 Å². The van der Waals surface area contributed by atoms with Gasteiger partial charge in [0.2, 0.25) is 5.91 Å². The molecule has 0 atom stereocenters. The summed E-state index contributed by atoms with van der Waals surface area (Å²) >= 11 is 0. The first-order valence-electron chi connectivity index (χ1n) is 6.22. The number of nitrogens with one attached hydrogen (secondary N) is 2. The molecule has 1 aromatic rings. The van der Waals surface area contributed by atoms with Gasteiger partial charge in [-0.1, -0.05) is 12.1 Å². The number of rotatable bonds is 6. The fourth-order valence-corrected chi connectivity index (χ4v) is 1.46. The van der Waals surface area contributed by atoms with Crippen LogP contribution in [0.25, 0.3) is 0 Å². The Labute approximate surface area is 117 Å². The molecule has 0 unspecified atom stereocenters. The Hall–Kier alpha value is -1.95. The number of carboxylic acid groups (broad SMARTS) is 1. The van der Waals surface area contributed by atoms with Crippen LogP contribution in [-0.2, 0) is 16.1 Å². The van der Waals surface area contributed by atoms with E-state index in [1.54, 1.807) is 19.1 Å². The van der Waals surface area contributed by atoms with Crippen molar-refractivity contribution in [3.8, 4) is 0 Å². The average molecular weight is 282 g/mol. The minimum atomic E-state index is -1.16. The zero-order valence-electron chi connectivity index (χ0n) is 11.8. The highest BCUT2D eigenvalue weighted by atomic mass is 19.1. The Balaban J connectivity index is 2.44. The first kappa shape index (κ1) is 16.1. The Bertz CT molecular complexity index is 515. The van der Waals surface area contributed by atoms with Crippen LogP contribution in [0.5, 0.6) is 0 Å². The number of halogens is 1. The van der Waals surface area contributed by atoms with E-state index in [0.29, 0.717) is 5.56 Å². The van der Waals surface area contributed by atoms with E-state index in [0.717, 1.165) is 5.56 Å².